The van der Waals surface area contributed by atoms with E-state index in [0.717, 1.165) is 0 Å². The van der Waals surface area contributed by atoms with E-state index in [2.05, 4.69) is 18.0 Å². The van der Waals surface area contributed by atoms with Crippen molar-refractivity contribution in [3.63, 3.8) is 0 Å². The van der Waals surface area contributed by atoms with Crippen LogP contribution in [-0.2, 0) is 21.1 Å². The second-order valence-electron chi connectivity index (χ2n) is 0.118. The van der Waals surface area contributed by atoms with Crippen LogP contribution in [0, 0.1) is 0 Å². The molecule has 0 unspecified atom stereocenters. The van der Waals surface area contributed by atoms with Crippen molar-refractivity contribution in [2.45, 2.75) is 0 Å². The van der Waals surface area contributed by atoms with Gasteiger partial charge in [0.15, 0.2) is 0 Å². The summed E-state index contributed by atoms with van der Waals surface area (Å²) in [6.07, 6.45) is 0. The molecule has 0 aliphatic rings. The maximum Gasteiger partial charge on any atom is 2.00 e. The molecule has 0 aromatic rings. The molecule has 4 N–H and O–H groups in total. The van der Waals surface area contributed by atoms with Crippen LogP contribution >= 0.6 is 12.2 Å². The van der Waals surface area contributed by atoms with Gasteiger partial charge in [-0.1, -0.05) is 0 Å². The molecule has 0 atom stereocenters. The predicted octanol–water partition coefficient (Wildman–Crippen LogP) is 0.494. The van der Waals surface area contributed by atoms with Crippen LogP contribution in [0.1, 0.15) is 0 Å². The molecule has 0 spiro atoms. The van der Waals surface area contributed by atoms with E-state index in [-0.39, 0.29) is 27.2 Å². The molecule has 5 heavy (non-hydrogen) atoms. The van der Waals surface area contributed by atoms with Crippen molar-refractivity contribution in [1.29, 1.82) is 0 Å². The standard InChI is InChI=1S/CH2NS.H2N.W/c2-1-3;;/h(H2,2,3);1H2;/q2*-1;+2. The Morgan fingerprint density at radius 2 is 1.60 bits per heavy atom. The van der Waals surface area contributed by atoms with E-state index in [9.17, 15) is 0 Å². The van der Waals surface area contributed by atoms with E-state index in [1.165, 1.54) is 0 Å². The van der Waals surface area contributed by atoms with Gasteiger partial charge in [0.25, 0.3) is 0 Å². The normalized spacial score (nSPS) is 2.40. The first-order valence-electron chi connectivity index (χ1n) is 0.493. The Kier molecular flexibility index (Phi) is 85.0. The van der Waals surface area contributed by atoms with Crippen LogP contribution in [0.25, 0.3) is 6.15 Å². The molecule has 4 heteroatoms. The molecular formula is CH4N2SW. The monoisotopic (exact) mass is 260 g/mol. The minimum atomic E-state index is 0. The Morgan fingerprint density at radius 1 is 1.60 bits per heavy atom. The molecule has 2 nitrogen and oxygen atoms in total. The van der Waals surface area contributed by atoms with Gasteiger partial charge in [0, 0.05) is 0 Å². The predicted molar refractivity (Wildman–Crippen MR) is 22.1 cm³/mol. The van der Waals surface area contributed by atoms with E-state index in [4.69, 9.17) is 0 Å². The maximum absolute atomic E-state index is 4.41. The third-order valence-corrected chi connectivity index (χ3v) is 0. The summed E-state index contributed by atoms with van der Waals surface area (Å²) in [5.41, 5.74) is 6.25. The molecule has 0 saturated heterocycles. The molecule has 0 radical (unpaired) electrons. The SMILES string of the molecule is N[C-]=S.[NH2-].[W+2]. The first kappa shape index (κ1) is 17.7. The molecule has 0 aliphatic carbocycles. The summed E-state index contributed by atoms with van der Waals surface area (Å²) < 4.78 is 0. The van der Waals surface area contributed by atoms with Crippen LogP contribution in [0.2, 0.25) is 0 Å². The average molecular weight is 260 g/mol. The first-order valence-corrected chi connectivity index (χ1v) is 0.901. The summed E-state index contributed by atoms with van der Waals surface area (Å²) in [6.45, 7) is 0. The van der Waals surface area contributed by atoms with Crippen LogP contribution in [0.3, 0.4) is 0 Å². The van der Waals surface area contributed by atoms with Crippen molar-refractivity contribution in [1.82, 2.24) is 0 Å². The second-order valence-corrected chi connectivity index (χ2v) is 0.354. The summed E-state index contributed by atoms with van der Waals surface area (Å²) in [5, 5.41) is 0. The van der Waals surface area contributed by atoms with E-state index in [1.807, 2.05) is 5.49 Å². The molecule has 0 saturated carbocycles. The van der Waals surface area contributed by atoms with Gasteiger partial charge in [-0.05, 0) is 0 Å². The quantitative estimate of drug-likeness (QED) is 0.391. The van der Waals surface area contributed by atoms with Gasteiger partial charge < -0.3 is 29.6 Å². The number of hydrogen-bond donors (Lipinski definition) is 1. The Morgan fingerprint density at radius 3 is 1.60 bits per heavy atom. The Bertz CT molecular complexity index is 17.1. The third kappa shape index (κ3) is 101. The number of nitrogens with two attached hydrogens (primary N) is 2. The van der Waals surface area contributed by atoms with E-state index >= 15 is 0 Å². The van der Waals surface area contributed by atoms with Gasteiger partial charge in [-0.2, -0.15) is 0 Å². The molecule has 0 rings (SSSR count). The van der Waals surface area contributed by atoms with Gasteiger partial charge >= 0.3 is 21.1 Å². The van der Waals surface area contributed by atoms with Crippen molar-refractivity contribution in [3.8, 4) is 0 Å². The van der Waals surface area contributed by atoms with Gasteiger partial charge in [0.05, 0.1) is 0 Å². The van der Waals surface area contributed by atoms with Crippen LogP contribution in [0.5, 0.6) is 0 Å². The van der Waals surface area contributed by atoms with Crippen LogP contribution in [-0.4, -0.2) is 5.49 Å². The van der Waals surface area contributed by atoms with Crippen LogP contribution in [0.15, 0.2) is 0 Å². The average Bonchev–Trinajstić information content (AvgIpc) is 0.918. The fourth-order valence-electron chi connectivity index (χ4n) is 0. The van der Waals surface area contributed by atoms with Gasteiger partial charge in [0.2, 0.25) is 0 Å². The fourth-order valence-corrected chi connectivity index (χ4v) is 0. The smallest absolute Gasteiger partial charge is 0.693 e. The molecule has 0 bridgehead atoms. The molecule has 0 amide bonds. The Hall–Kier alpha value is 0.538. The number of thiocarbonyl (C=S) groups is 1. The number of rotatable bonds is 0. The zero-order valence-corrected chi connectivity index (χ0v) is 6.22. The van der Waals surface area contributed by atoms with E-state index < -0.39 is 0 Å². The van der Waals surface area contributed by atoms with Gasteiger partial charge in [0.1, 0.15) is 0 Å². The summed E-state index contributed by atoms with van der Waals surface area (Å²) in [4.78, 5) is 0. The van der Waals surface area contributed by atoms with Gasteiger partial charge in [-0.3, -0.25) is 0 Å². The molecular weight excluding hydrogens is 256 g/mol. The molecule has 0 aromatic heterocycles. The second kappa shape index (κ2) is 24.0. The maximum atomic E-state index is 4.41. The fraction of sp³-hybridized carbons (Fsp3) is 0. The topological polar surface area (TPSA) is 59.5 Å². The molecule has 30 valence electrons. The molecule has 0 aliphatic heterocycles. The van der Waals surface area contributed by atoms with Crippen LogP contribution in [0.4, 0.5) is 0 Å². The minimum absolute atomic E-state index is 0. The number of hydrogen-bond acceptors (Lipinski definition) is 1. The summed E-state index contributed by atoms with van der Waals surface area (Å²) in [7, 11) is 0. The molecule has 0 heterocycles. The third-order valence-electron chi connectivity index (χ3n) is 0. The van der Waals surface area contributed by atoms with Gasteiger partial charge in [-0.25, -0.2) is 0 Å². The Balaban J connectivity index is -0.0000000200. The first-order chi connectivity index (χ1) is 1.41. The van der Waals surface area contributed by atoms with Crippen molar-refractivity contribution in [3.05, 3.63) is 6.15 Å². The molecule has 0 fully saturated rings. The van der Waals surface area contributed by atoms with Crippen molar-refractivity contribution >= 4 is 17.7 Å². The zero-order chi connectivity index (χ0) is 2.71. The molecule has 0 aromatic carbocycles. The Labute approximate surface area is 51.0 Å². The summed E-state index contributed by atoms with van der Waals surface area (Å²) in [6, 6.07) is 0. The van der Waals surface area contributed by atoms with Crippen molar-refractivity contribution < 1.29 is 21.1 Å². The van der Waals surface area contributed by atoms with Gasteiger partial charge in [-0.15, -0.1) is 0 Å². The largest absolute Gasteiger partial charge is 2.00 e. The summed E-state index contributed by atoms with van der Waals surface area (Å²) in [5.74, 6) is 0. The minimum Gasteiger partial charge on any atom is -0.693 e. The van der Waals surface area contributed by atoms with Crippen molar-refractivity contribution in [2.24, 2.45) is 5.73 Å². The zero-order valence-electron chi connectivity index (χ0n) is 2.47. The van der Waals surface area contributed by atoms with Crippen LogP contribution < -0.4 is 5.73 Å². The van der Waals surface area contributed by atoms with Crippen molar-refractivity contribution in [2.75, 3.05) is 0 Å². The summed E-state index contributed by atoms with van der Waals surface area (Å²) >= 11 is 3.92. The van der Waals surface area contributed by atoms with E-state index in [0.29, 0.717) is 0 Å². The van der Waals surface area contributed by atoms with E-state index in [1.54, 1.807) is 0 Å².